The molecule has 1 fully saturated rings. The second-order valence-corrected chi connectivity index (χ2v) is 7.45. The van der Waals surface area contributed by atoms with Crippen LogP contribution in [0.2, 0.25) is 0 Å². The zero-order valence-corrected chi connectivity index (χ0v) is 14.9. The Kier molecular flexibility index (Phi) is 4.66. The van der Waals surface area contributed by atoms with E-state index in [0.29, 0.717) is 13.0 Å². The Bertz CT molecular complexity index is 742. The maximum atomic E-state index is 12.6. The van der Waals surface area contributed by atoms with Gasteiger partial charge in [-0.15, -0.1) is 0 Å². The largest absolute Gasteiger partial charge is 0.459 e. The van der Waals surface area contributed by atoms with E-state index in [4.69, 9.17) is 4.42 Å². The molecule has 2 aromatic rings. The van der Waals surface area contributed by atoms with Gasteiger partial charge in [0.25, 0.3) is 5.91 Å². The minimum Gasteiger partial charge on any atom is -0.459 e. The van der Waals surface area contributed by atoms with Crippen molar-refractivity contribution < 1.29 is 14.0 Å². The van der Waals surface area contributed by atoms with E-state index >= 15 is 0 Å². The van der Waals surface area contributed by atoms with Crippen LogP contribution in [0.25, 0.3) is 0 Å². The first-order chi connectivity index (χ1) is 11.9. The summed E-state index contributed by atoms with van der Waals surface area (Å²) in [7, 11) is 0. The maximum Gasteiger partial charge on any atom is 0.290 e. The summed E-state index contributed by atoms with van der Waals surface area (Å²) in [6.07, 6.45) is 2.95. The first kappa shape index (κ1) is 17.3. The molecule has 1 aliphatic rings. The van der Waals surface area contributed by atoms with Crippen LogP contribution in [0.3, 0.4) is 0 Å². The van der Waals surface area contributed by atoms with E-state index in [9.17, 15) is 9.59 Å². The van der Waals surface area contributed by atoms with Gasteiger partial charge in [-0.05, 0) is 48.1 Å². The van der Waals surface area contributed by atoms with Crippen molar-refractivity contribution >= 4 is 17.5 Å². The molecule has 1 aromatic carbocycles. The molecule has 2 amide bonds. The number of furan rings is 1. The third kappa shape index (κ3) is 3.76. The number of hydrogen-bond acceptors (Lipinski definition) is 3. The molecule has 1 atom stereocenters. The van der Waals surface area contributed by atoms with Gasteiger partial charge in [-0.3, -0.25) is 9.59 Å². The van der Waals surface area contributed by atoms with Gasteiger partial charge in [-0.1, -0.05) is 32.9 Å². The van der Waals surface area contributed by atoms with Crippen LogP contribution in [-0.4, -0.2) is 29.3 Å². The van der Waals surface area contributed by atoms with E-state index in [-0.39, 0.29) is 23.0 Å². The minimum atomic E-state index is -0.458. The average Bonchev–Trinajstić information content (AvgIpc) is 3.25. The molecular formula is C20H24N2O3. The van der Waals surface area contributed by atoms with Crippen LogP contribution in [0.4, 0.5) is 5.69 Å². The first-order valence-corrected chi connectivity index (χ1v) is 8.62. The standard InChI is InChI=1S/C20H24N2O3/c1-20(2,3)14-8-10-15(11-9-14)21-18(23)16-6-4-12-22(16)19(24)17-7-5-13-25-17/h5,7-11,13,16H,4,6,12H2,1-3H3,(H,21,23). The Morgan fingerprint density at radius 3 is 2.48 bits per heavy atom. The average molecular weight is 340 g/mol. The molecule has 1 aromatic heterocycles. The van der Waals surface area contributed by atoms with E-state index in [2.05, 4.69) is 26.1 Å². The van der Waals surface area contributed by atoms with E-state index in [1.54, 1.807) is 17.0 Å². The van der Waals surface area contributed by atoms with Crippen molar-refractivity contribution in [3.8, 4) is 0 Å². The van der Waals surface area contributed by atoms with Crippen molar-refractivity contribution in [2.75, 3.05) is 11.9 Å². The minimum absolute atomic E-state index is 0.0697. The fraction of sp³-hybridized carbons (Fsp3) is 0.400. The second kappa shape index (κ2) is 6.75. The third-order valence-corrected chi connectivity index (χ3v) is 4.57. The number of benzene rings is 1. The zero-order chi connectivity index (χ0) is 18.0. The van der Waals surface area contributed by atoms with Crippen molar-refractivity contribution in [1.29, 1.82) is 0 Å². The molecular weight excluding hydrogens is 316 g/mol. The number of likely N-dealkylation sites (tertiary alicyclic amines) is 1. The molecule has 5 nitrogen and oxygen atoms in total. The third-order valence-electron chi connectivity index (χ3n) is 4.57. The van der Waals surface area contributed by atoms with Crippen LogP contribution in [0.1, 0.15) is 49.7 Å². The molecule has 25 heavy (non-hydrogen) atoms. The van der Waals surface area contributed by atoms with Gasteiger partial charge in [0, 0.05) is 12.2 Å². The number of carbonyl (C=O) groups is 2. The lowest BCUT2D eigenvalue weighted by Gasteiger charge is -2.23. The summed E-state index contributed by atoms with van der Waals surface area (Å²) < 4.78 is 5.18. The Balaban J connectivity index is 1.69. The molecule has 3 rings (SSSR count). The molecule has 0 aliphatic carbocycles. The summed E-state index contributed by atoms with van der Waals surface area (Å²) in [6.45, 7) is 7.02. The van der Waals surface area contributed by atoms with Gasteiger partial charge in [0.15, 0.2) is 5.76 Å². The fourth-order valence-corrected chi connectivity index (χ4v) is 3.10. The maximum absolute atomic E-state index is 12.6. The highest BCUT2D eigenvalue weighted by atomic mass is 16.3. The summed E-state index contributed by atoms with van der Waals surface area (Å²) in [5, 5.41) is 2.93. The summed E-state index contributed by atoms with van der Waals surface area (Å²) in [4.78, 5) is 26.7. The molecule has 5 heteroatoms. The first-order valence-electron chi connectivity index (χ1n) is 8.62. The van der Waals surface area contributed by atoms with Crippen LogP contribution in [0, 0.1) is 0 Å². The fourth-order valence-electron chi connectivity index (χ4n) is 3.10. The van der Waals surface area contributed by atoms with Crippen molar-refractivity contribution in [3.05, 3.63) is 54.0 Å². The normalized spacial score (nSPS) is 17.6. The number of amides is 2. The lowest BCUT2D eigenvalue weighted by molar-refractivity contribution is -0.119. The van der Waals surface area contributed by atoms with Gasteiger partial charge < -0.3 is 14.6 Å². The Labute approximate surface area is 148 Å². The molecule has 0 spiro atoms. The molecule has 1 aliphatic heterocycles. The van der Waals surface area contributed by atoms with E-state index < -0.39 is 6.04 Å². The number of nitrogens with zero attached hydrogens (tertiary/aromatic N) is 1. The van der Waals surface area contributed by atoms with E-state index in [0.717, 1.165) is 12.1 Å². The monoisotopic (exact) mass is 340 g/mol. The molecule has 1 saturated heterocycles. The molecule has 1 unspecified atom stereocenters. The summed E-state index contributed by atoms with van der Waals surface area (Å²) in [6, 6.07) is 10.7. The van der Waals surface area contributed by atoms with Gasteiger partial charge in [0.2, 0.25) is 5.91 Å². The van der Waals surface area contributed by atoms with Crippen LogP contribution >= 0.6 is 0 Å². The van der Waals surface area contributed by atoms with Gasteiger partial charge >= 0.3 is 0 Å². The topological polar surface area (TPSA) is 62.6 Å². The molecule has 2 heterocycles. The number of carbonyl (C=O) groups excluding carboxylic acids is 2. The second-order valence-electron chi connectivity index (χ2n) is 7.45. The molecule has 0 radical (unpaired) electrons. The van der Waals surface area contributed by atoms with Gasteiger partial charge in [-0.25, -0.2) is 0 Å². The smallest absolute Gasteiger partial charge is 0.290 e. The Morgan fingerprint density at radius 1 is 1.16 bits per heavy atom. The highest BCUT2D eigenvalue weighted by Gasteiger charge is 2.35. The summed E-state index contributed by atoms with van der Waals surface area (Å²) in [5.41, 5.74) is 2.02. The quantitative estimate of drug-likeness (QED) is 0.924. The highest BCUT2D eigenvalue weighted by molar-refractivity contribution is 6.00. The van der Waals surface area contributed by atoms with E-state index in [1.807, 2.05) is 24.3 Å². The van der Waals surface area contributed by atoms with Crippen LogP contribution in [-0.2, 0) is 10.2 Å². The Hall–Kier alpha value is -2.56. The molecule has 0 saturated carbocycles. The van der Waals surface area contributed by atoms with Gasteiger partial charge in [-0.2, -0.15) is 0 Å². The number of anilines is 1. The number of nitrogens with one attached hydrogen (secondary N) is 1. The summed E-state index contributed by atoms with van der Waals surface area (Å²) >= 11 is 0. The highest BCUT2D eigenvalue weighted by Crippen LogP contribution is 2.25. The zero-order valence-electron chi connectivity index (χ0n) is 14.9. The molecule has 0 bridgehead atoms. The predicted octanol–water partition coefficient (Wildman–Crippen LogP) is 3.82. The van der Waals surface area contributed by atoms with Crippen molar-refractivity contribution in [2.45, 2.75) is 45.1 Å². The molecule has 1 N–H and O–H groups in total. The van der Waals surface area contributed by atoms with Crippen molar-refractivity contribution in [3.63, 3.8) is 0 Å². The van der Waals surface area contributed by atoms with Crippen LogP contribution in [0.5, 0.6) is 0 Å². The Morgan fingerprint density at radius 2 is 1.88 bits per heavy atom. The molecule has 132 valence electrons. The van der Waals surface area contributed by atoms with Gasteiger partial charge in [0.1, 0.15) is 6.04 Å². The van der Waals surface area contributed by atoms with Crippen molar-refractivity contribution in [2.24, 2.45) is 0 Å². The van der Waals surface area contributed by atoms with E-state index in [1.165, 1.54) is 11.8 Å². The van der Waals surface area contributed by atoms with Crippen LogP contribution in [0.15, 0.2) is 47.1 Å². The van der Waals surface area contributed by atoms with Crippen LogP contribution < -0.4 is 5.32 Å². The van der Waals surface area contributed by atoms with Crippen molar-refractivity contribution in [1.82, 2.24) is 4.90 Å². The number of rotatable bonds is 3. The van der Waals surface area contributed by atoms with Gasteiger partial charge in [0.05, 0.1) is 6.26 Å². The lowest BCUT2D eigenvalue weighted by Crippen LogP contribution is -2.43. The SMILES string of the molecule is CC(C)(C)c1ccc(NC(=O)C2CCCN2C(=O)c2ccco2)cc1. The predicted molar refractivity (Wildman–Crippen MR) is 96.5 cm³/mol. The lowest BCUT2D eigenvalue weighted by atomic mass is 9.87. The summed E-state index contributed by atoms with van der Waals surface area (Å²) in [5.74, 6) is -0.110. The number of hydrogen-bond donors (Lipinski definition) is 1.